The Morgan fingerprint density at radius 3 is 2.75 bits per heavy atom. The average molecular weight is 166 g/mol. The first-order valence-corrected chi connectivity index (χ1v) is 3.53. The molecule has 0 aliphatic carbocycles. The lowest BCUT2D eigenvalue weighted by molar-refractivity contribution is 0.0962. The van der Waals surface area contributed by atoms with Gasteiger partial charge in [-0.15, -0.1) is 0 Å². The molecular formula is C8H10N2O2. The minimum absolute atomic E-state index is 0.131. The molecule has 4 heteroatoms. The first-order valence-electron chi connectivity index (χ1n) is 3.53. The second kappa shape index (κ2) is 3.21. The van der Waals surface area contributed by atoms with Crippen LogP contribution < -0.4 is 5.32 Å². The molecule has 0 saturated carbocycles. The van der Waals surface area contributed by atoms with Gasteiger partial charge in [0, 0.05) is 24.4 Å². The van der Waals surface area contributed by atoms with Crippen molar-refractivity contribution in [3.8, 4) is 5.88 Å². The van der Waals surface area contributed by atoms with E-state index < -0.39 is 0 Å². The molecule has 12 heavy (non-hydrogen) atoms. The topological polar surface area (TPSA) is 62.2 Å². The predicted molar refractivity (Wildman–Crippen MR) is 44.0 cm³/mol. The Labute approximate surface area is 70.3 Å². The maximum absolute atomic E-state index is 11.1. The zero-order valence-electron chi connectivity index (χ0n) is 6.96. The summed E-state index contributed by atoms with van der Waals surface area (Å²) in [5.41, 5.74) is 1.04. The van der Waals surface area contributed by atoms with Crippen LogP contribution in [0.15, 0.2) is 12.1 Å². The minimum atomic E-state index is -0.226. The van der Waals surface area contributed by atoms with Gasteiger partial charge in [-0.2, -0.15) is 0 Å². The van der Waals surface area contributed by atoms with Crippen LogP contribution in [0.3, 0.4) is 0 Å². The molecule has 0 radical (unpaired) electrons. The molecule has 64 valence electrons. The normalized spacial score (nSPS) is 9.50. The smallest absolute Gasteiger partial charge is 0.251 e. The third-order valence-corrected chi connectivity index (χ3v) is 1.43. The van der Waals surface area contributed by atoms with Crippen molar-refractivity contribution >= 4 is 5.91 Å². The van der Waals surface area contributed by atoms with Crippen molar-refractivity contribution in [3.05, 3.63) is 23.4 Å². The number of pyridine rings is 1. The molecule has 0 fully saturated rings. The Hall–Kier alpha value is -1.58. The molecule has 2 N–H and O–H groups in total. The molecule has 4 nitrogen and oxygen atoms in total. The average Bonchev–Trinajstić information content (AvgIpc) is 2.01. The van der Waals surface area contributed by atoms with Crippen LogP contribution in [0.1, 0.15) is 16.1 Å². The number of aromatic hydroxyl groups is 1. The van der Waals surface area contributed by atoms with Crippen LogP contribution >= 0.6 is 0 Å². The summed E-state index contributed by atoms with van der Waals surface area (Å²) >= 11 is 0. The fourth-order valence-electron chi connectivity index (χ4n) is 0.926. The van der Waals surface area contributed by atoms with Gasteiger partial charge < -0.3 is 10.4 Å². The summed E-state index contributed by atoms with van der Waals surface area (Å²) in [5, 5.41) is 11.5. The highest BCUT2D eigenvalue weighted by atomic mass is 16.3. The fourth-order valence-corrected chi connectivity index (χ4v) is 0.926. The highest BCUT2D eigenvalue weighted by Crippen LogP contribution is 2.09. The van der Waals surface area contributed by atoms with E-state index in [0.717, 1.165) is 0 Å². The number of aromatic nitrogens is 1. The molecule has 0 spiro atoms. The lowest BCUT2D eigenvalue weighted by Gasteiger charge is -2.00. The van der Waals surface area contributed by atoms with Crippen molar-refractivity contribution in [3.63, 3.8) is 0 Å². The van der Waals surface area contributed by atoms with Crippen LogP contribution in [0.5, 0.6) is 5.88 Å². The van der Waals surface area contributed by atoms with Crippen molar-refractivity contribution in [2.45, 2.75) is 6.92 Å². The van der Waals surface area contributed by atoms with Crippen LogP contribution in [0, 0.1) is 6.92 Å². The van der Waals surface area contributed by atoms with Crippen molar-refractivity contribution in [1.82, 2.24) is 10.3 Å². The van der Waals surface area contributed by atoms with Gasteiger partial charge in [0.05, 0.1) is 0 Å². The van der Waals surface area contributed by atoms with Gasteiger partial charge in [0.15, 0.2) is 0 Å². The van der Waals surface area contributed by atoms with E-state index in [-0.39, 0.29) is 11.8 Å². The second-order valence-corrected chi connectivity index (χ2v) is 2.43. The lowest BCUT2D eigenvalue weighted by atomic mass is 10.2. The molecule has 1 aromatic rings. The van der Waals surface area contributed by atoms with Crippen LogP contribution in [-0.4, -0.2) is 23.0 Å². The van der Waals surface area contributed by atoms with E-state index in [9.17, 15) is 4.79 Å². The summed E-state index contributed by atoms with van der Waals surface area (Å²) in [7, 11) is 1.54. The van der Waals surface area contributed by atoms with Gasteiger partial charge in [-0.25, -0.2) is 4.98 Å². The van der Waals surface area contributed by atoms with E-state index in [4.69, 9.17) is 5.11 Å². The van der Waals surface area contributed by atoms with Crippen molar-refractivity contribution in [2.24, 2.45) is 0 Å². The molecule has 1 heterocycles. The Morgan fingerprint density at radius 2 is 2.25 bits per heavy atom. The van der Waals surface area contributed by atoms with Gasteiger partial charge in [-0.1, -0.05) is 0 Å². The van der Waals surface area contributed by atoms with Crippen molar-refractivity contribution in [1.29, 1.82) is 0 Å². The summed E-state index contributed by atoms with van der Waals surface area (Å²) in [5.74, 6) is -0.357. The van der Waals surface area contributed by atoms with E-state index >= 15 is 0 Å². The van der Waals surface area contributed by atoms with Crippen molar-refractivity contribution in [2.75, 3.05) is 7.05 Å². The highest BCUT2D eigenvalue weighted by molar-refractivity contribution is 5.94. The number of rotatable bonds is 1. The molecule has 0 saturated heterocycles. The molecule has 1 aromatic heterocycles. The van der Waals surface area contributed by atoms with Crippen LogP contribution in [0.2, 0.25) is 0 Å². The Kier molecular flexibility index (Phi) is 2.28. The Morgan fingerprint density at radius 1 is 1.58 bits per heavy atom. The number of hydrogen-bond acceptors (Lipinski definition) is 3. The zero-order valence-corrected chi connectivity index (χ0v) is 6.96. The number of amides is 1. The van der Waals surface area contributed by atoms with Crippen molar-refractivity contribution < 1.29 is 9.90 Å². The largest absolute Gasteiger partial charge is 0.493 e. The van der Waals surface area contributed by atoms with Crippen LogP contribution in [-0.2, 0) is 0 Å². The Balaban J connectivity index is 3.08. The first kappa shape index (κ1) is 8.52. The fraction of sp³-hybridized carbons (Fsp3) is 0.250. The number of nitrogens with one attached hydrogen (secondary N) is 1. The van der Waals surface area contributed by atoms with E-state index in [1.165, 1.54) is 13.1 Å². The maximum Gasteiger partial charge on any atom is 0.251 e. The molecule has 0 unspecified atom stereocenters. The molecular weight excluding hydrogens is 156 g/mol. The summed E-state index contributed by atoms with van der Waals surface area (Å²) in [6.07, 6.45) is 0. The van der Waals surface area contributed by atoms with Crippen LogP contribution in [0.4, 0.5) is 0 Å². The number of nitrogens with zero attached hydrogens (tertiary/aromatic N) is 1. The highest BCUT2D eigenvalue weighted by Gasteiger charge is 2.05. The molecule has 0 bridgehead atoms. The molecule has 0 aliphatic heterocycles. The van der Waals surface area contributed by atoms with Gasteiger partial charge in [-0.3, -0.25) is 4.79 Å². The molecule has 1 amide bonds. The summed E-state index contributed by atoms with van der Waals surface area (Å²) in [4.78, 5) is 14.8. The summed E-state index contributed by atoms with van der Waals surface area (Å²) in [6, 6.07) is 2.93. The standard InChI is InChI=1S/C8H10N2O2/c1-5-3-6(8(12)9-2)4-7(11)10-5/h3-4H,1-2H3,(H,9,12)(H,10,11). The molecule has 1 rings (SSSR count). The maximum atomic E-state index is 11.1. The first-order chi connectivity index (χ1) is 5.63. The number of carbonyl (C=O) groups excluding carboxylic acids is 1. The number of aryl methyl sites for hydroxylation is 1. The van der Waals surface area contributed by atoms with Gasteiger partial charge >= 0.3 is 0 Å². The summed E-state index contributed by atoms with van der Waals surface area (Å²) in [6.45, 7) is 1.71. The lowest BCUT2D eigenvalue weighted by Crippen LogP contribution is -2.17. The third kappa shape index (κ3) is 1.72. The molecule has 0 atom stereocenters. The second-order valence-electron chi connectivity index (χ2n) is 2.43. The predicted octanol–water partition coefficient (Wildman–Crippen LogP) is 0.455. The van der Waals surface area contributed by atoms with Crippen LogP contribution in [0.25, 0.3) is 0 Å². The molecule has 0 aromatic carbocycles. The Bertz CT molecular complexity index is 290. The van der Waals surface area contributed by atoms with E-state index in [2.05, 4.69) is 10.3 Å². The zero-order chi connectivity index (χ0) is 9.14. The number of carbonyl (C=O) groups is 1. The quantitative estimate of drug-likeness (QED) is 0.637. The minimum Gasteiger partial charge on any atom is -0.493 e. The number of hydrogen-bond donors (Lipinski definition) is 2. The van der Waals surface area contributed by atoms with Gasteiger partial charge in [-0.05, 0) is 13.0 Å². The SMILES string of the molecule is CNC(=O)c1cc(C)nc(O)c1. The third-order valence-electron chi connectivity index (χ3n) is 1.43. The van der Waals surface area contributed by atoms with E-state index in [0.29, 0.717) is 11.3 Å². The van der Waals surface area contributed by atoms with Gasteiger partial charge in [0.1, 0.15) is 0 Å². The van der Waals surface area contributed by atoms with Gasteiger partial charge in [0.2, 0.25) is 5.88 Å². The van der Waals surface area contributed by atoms with E-state index in [1.54, 1.807) is 13.0 Å². The molecule has 0 aliphatic rings. The van der Waals surface area contributed by atoms with Gasteiger partial charge in [0.25, 0.3) is 5.91 Å². The van der Waals surface area contributed by atoms with E-state index in [1.807, 2.05) is 0 Å². The monoisotopic (exact) mass is 166 g/mol. The summed E-state index contributed by atoms with van der Waals surface area (Å²) < 4.78 is 0.